The summed E-state index contributed by atoms with van der Waals surface area (Å²) < 4.78 is 2.13. The maximum Gasteiger partial charge on any atom is 0.0608 e. The van der Waals surface area contributed by atoms with Crippen LogP contribution in [0.5, 0.6) is 0 Å². The lowest BCUT2D eigenvalue weighted by atomic mass is 10.1. The Morgan fingerprint density at radius 1 is 1.16 bits per heavy atom. The Labute approximate surface area is 111 Å². The molecule has 3 aromatic rings. The van der Waals surface area contributed by atoms with E-state index >= 15 is 0 Å². The number of nitrogens with zero attached hydrogens (tertiary/aromatic N) is 1. The average Bonchev–Trinajstić information content (AvgIpc) is 2.76. The summed E-state index contributed by atoms with van der Waals surface area (Å²) in [6.45, 7) is 5.54. The first-order valence-electron chi connectivity index (χ1n) is 6.20. The minimum absolute atomic E-state index is 1.17. The van der Waals surface area contributed by atoms with Gasteiger partial charge in [0.05, 0.1) is 11.7 Å². The van der Waals surface area contributed by atoms with Gasteiger partial charge in [0.25, 0.3) is 0 Å². The summed E-state index contributed by atoms with van der Waals surface area (Å²) in [4.78, 5) is 0. The van der Waals surface area contributed by atoms with Crippen LogP contribution >= 0.6 is 0 Å². The molecule has 1 heteroatoms. The van der Waals surface area contributed by atoms with E-state index < -0.39 is 0 Å². The third-order valence-electron chi connectivity index (χ3n) is 3.31. The molecule has 1 heterocycles. The van der Waals surface area contributed by atoms with Gasteiger partial charge in [0.2, 0.25) is 0 Å². The zero-order valence-electron chi connectivity index (χ0n) is 10.8. The Balaban J connectivity index is 2.61. The van der Waals surface area contributed by atoms with Crippen molar-refractivity contribution in [1.29, 1.82) is 0 Å². The number of benzene rings is 2. The molecule has 90 valence electrons. The van der Waals surface area contributed by atoms with Gasteiger partial charge in [-0.1, -0.05) is 42.1 Å². The van der Waals surface area contributed by atoms with Crippen LogP contribution in [0.1, 0.15) is 6.92 Å². The van der Waals surface area contributed by atoms with E-state index in [0.717, 1.165) is 0 Å². The summed E-state index contributed by atoms with van der Waals surface area (Å²) in [5.74, 6) is 0. The SMILES string of the molecule is C=C=C=C=Cn1c(=CC)c2cccc3cccc1c32. The fourth-order valence-electron chi connectivity index (χ4n) is 2.58. The quantitative estimate of drug-likeness (QED) is 0.572. The largest absolute Gasteiger partial charge is 0.308 e. The van der Waals surface area contributed by atoms with Crippen molar-refractivity contribution >= 4 is 34.0 Å². The number of hydrogen-bond acceptors (Lipinski definition) is 0. The Morgan fingerprint density at radius 2 is 1.95 bits per heavy atom. The lowest BCUT2D eigenvalue weighted by Gasteiger charge is -1.98. The van der Waals surface area contributed by atoms with E-state index in [-0.39, 0.29) is 0 Å². The molecule has 0 amide bonds. The molecule has 2 aromatic carbocycles. The van der Waals surface area contributed by atoms with Crippen molar-refractivity contribution in [2.45, 2.75) is 6.92 Å². The first-order chi connectivity index (χ1) is 9.36. The molecular formula is C18H13N. The molecular weight excluding hydrogens is 230 g/mol. The van der Waals surface area contributed by atoms with Crippen LogP contribution in [-0.4, -0.2) is 4.57 Å². The van der Waals surface area contributed by atoms with Crippen LogP contribution in [0.2, 0.25) is 0 Å². The van der Waals surface area contributed by atoms with Crippen LogP contribution in [0.4, 0.5) is 0 Å². The highest BCUT2D eigenvalue weighted by molar-refractivity contribution is 6.10. The molecule has 0 saturated carbocycles. The van der Waals surface area contributed by atoms with Crippen molar-refractivity contribution < 1.29 is 0 Å². The van der Waals surface area contributed by atoms with Gasteiger partial charge < -0.3 is 4.57 Å². The highest BCUT2D eigenvalue weighted by Gasteiger charge is 2.08. The van der Waals surface area contributed by atoms with Gasteiger partial charge in [0.1, 0.15) is 0 Å². The minimum Gasteiger partial charge on any atom is -0.308 e. The maximum atomic E-state index is 3.49. The summed E-state index contributed by atoms with van der Waals surface area (Å²) in [5, 5.41) is 4.98. The first kappa shape index (κ1) is 11.4. The fraction of sp³-hybridized carbons (Fsp3) is 0.0556. The summed E-state index contributed by atoms with van der Waals surface area (Å²) >= 11 is 0. The third kappa shape index (κ3) is 1.67. The van der Waals surface area contributed by atoms with Gasteiger partial charge in [0, 0.05) is 16.1 Å². The molecule has 3 rings (SSSR count). The van der Waals surface area contributed by atoms with Crippen LogP contribution in [-0.2, 0) is 0 Å². The predicted molar refractivity (Wildman–Crippen MR) is 81.7 cm³/mol. The molecule has 0 N–H and O–H groups in total. The Hall–Kier alpha value is -2.68. The smallest absolute Gasteiger partial charge is 0.0608 e. The van der Waals surface area contributed by atoms with Crippen molar-refractivity contribution in [3.05, 3.63) is 65.5 Å². The Kier molecular flexibility index (Phi) is 2.72. The summed E-state index contributed by atoms with van der Waals surface area (Å²) in [5.41, 5.74) is 9.46. The molecule has 1 nitrogen and oxygen atoms in total. The molecule has 1 aromatic heterocycles. The van der Waals surface area contributed by atoms with Gasteiger partial charge in [-0.2, -0.15) is 0 Å². The Morgan fingerprint density at radius 3 is 2.68 bits per heavy atom. The van der Waals surface area contributed by atoms with Crippen LogP contribution < -0.4 is 5.35 Å². The van der Waals surface area contributed by atoms with E-state index in [2.05, 4.69) is 70.8 Å². The van der Waals surface area contributed by atoms with Crippen molar-refractivity contribution in [2.24, 2.45) is 0 Å². The zero-order valence-corrected chi connectivity index (χ0v) is 10.8. The molecule has 0 aliphatic heterocycles. The Bertz CT molecular complexity index is 931. The van der Waals surface area contributed by atoms with Gasteiger partial charge in [-0.25, -0.2) is 0 Å². The molecule has 0 aliphatic carbocycles. The number of rotatable bonds is 1. The molecule has 0 spiro atoms. The number of hydrogen-bond donors (Lipinski definition) is 0. The van der Waals surface area contributed by atoms with Gasteiger partial charge in [-0.15, -0.1) is 0 Å². The highest BCUT2D eigenvalue weighted by Crippen LogP contribution is 2.25. The summed E-state index contributed by atoms with van der Waals surface area (Å²) in [6, 6.07) is 12.7. The van der Waals surface area contributed by atoms with Crippen molar-refractivity contribution in [2.75, 3.05) is 0 Å². The van der Waals surface area contributed by atoms with E-state index in [4.69, 9.17) is 0 Å². The van der Waals surface area contributed by atoms with Gasteiger partial charge >= 0.3 is 0 Å². The molecule has 0 aliphatic rings. The maximum absolute atomic E-state index is 3.49. The second-order valence-corrected chi connectivity index (χ2v) is 4.30. The van der Waals surface area contributed by atoms with E-state index in [1.807, 2.05) is 13.1 Å². The van der Waals surface area contributed by atoms with Crippen molar-refractivity contribution in [1.82, 2.24) is 4.57 Å². The average molecular weight is 243 g/mol. The topological polar surface area (TPSA) is 4.93 Å². The fourth-order valence-corrected chi connectivity index (χ4v) is 2.58. The van der Waals surface area contributed by atoms with E-state index in [1.165, 1.54) is 27.0 Å². The molecule has 0 radical (unpaired) electrons. The predicted octanol–water partition coefficient (Wildman–Crippen LogP) is 3.88. The minimum atomic E-state index is 1.17. The highest BCUT2D eigenvalue weighted by atomic mass is 14.9. The standard InChI is InChI=1S/C18H13N/c1-3-5-6-13-19-16(4-2)15-11-7-9-14-10-8-12-17(19)18(14)15/h4,7-13H,1H2,2H3. The molecule has 0 saturated heterocycles. The second-order valence-electron chi connectivity index (χ2n) is 4.30. The molecule has 0 unspecified atom stereocenters. The van der Waals surface area contributed by atoms with Crippen LogP contribution in [0.15, 0.2) is 60.2 Å². The molecule has 0 fully saturated rings. The normalized spacial score (nSPS) is 11.3. The van der Waals surface area contributed by atoms with Gasteiger partial charge in [-0.05, 0) is 36.4 Å². The lowest BCUT2D eigenvalue weighted by molar-refractivity contribution is 1.17. The van der Waals surface area contributed by atoms with E-state index in [1.54, 1.807) is 0 Å². The zero-order chi connectivity index (χ0) is 13.2. The molecule has 0 atom stereocenters. The summed E-state index contributed by atoms with van der Waals surface area (Å²) in [7, 11) is 0. The third-order valence-corrected chi connectivity index (χ3v) is 3.31. The van der Waals surface area contributed by atoms with Crippen molar-refractivity contribution in [3.63, 3.8) is 0 Å². The lowest BCUT2D eigenvalue weighted by Crippen LogP contribution is -2.09. The molecule has 19 heavy (non-hydrogen) atoms. The number of aromatic nitrogens is 1. The van der Waals surface area contributed by atoms with Gasteiger partial charge in [0.15, 0.2) is 0 Å². The second kappa shape index (κ2) is 4.53. The van der Waals surface area contributed by atoms with Crippen molar-refractivity contribution in [3.8, 4) is 0 Å². The van der Waals surface area contributed by atoms with E-state index in [9.17, 15) is 0 Å². The van der Waals surface area contributed by atoms with Crippen LogP contribution in [0.3, 0.4) is 0 Å². The summed E-state index contributed by atoms with van der Waals surface area (Å²) in [6.07, 6.45) is 3.99. The van der Waals surface area contributed by atoms with E-state index in [0.29, 0.717) is 0 Å². The van der Waals surface area contributed by atoms with Gasteiger partial charge in [-0.3, -0.25) is 0 Å². The van der Waals surface area contributed by atoms with Crippen LogP contribution in [0.25, 0.3) is 34.0 Å². The first-order valence-corrected chi connectivity index (χ1v) is 6.20. The van der Waals surface area contributed by atoms with Crippen LogP contribution in [0, 0.1) is 0 Å². The molecule has 0 bridgehead atoms. The monoisotopic (exact) mass is 243 g/mol.